The molecule has 0 aliphatic rings. The Morgan fingerprint density at radius 2 is 1.11 bits per heavy atom. The van der Waals surface area contributed by atoms with E-state index in [1.807, 2.05) is 25.1 Å². The Balaban J connectivity index is 1.63. The Kier molecular flexibility index (Phi) is 5.29. The number of nitriles is 1. The van der Waals surface area contributed by atoms with Crippen molar-refractivity contribution in [2.45, 2.75) is 6.92 Å². The third-order valence-corrected chi connectivity index (χ3v) is 3.78. The van der Waals surface area contributed by atoms with Crippen LogP contribution in [0, 0.1) is 18.3 Å². The Hall–Kier alpha value is -3.91. The fraction of sp³-hybridized carbons (Fsp3) is 0.0455. The molecule has 0 fully saturated rings. The van der Waals surface area contributed by atoms with E-state index in [1.165, 1.54) is 24.3 Å². The second-order valence-corrected chi connectivity index (χ2v) is 5.81. The van der Waals surface area contributed by atoms with Crippen molar-refractivity contribution in [2.75, 3.05) is 0 Å². The van der Waals surface area contributed by atoms with Gasteiger partial charge in [0.1, 0.15) is 11.5 Å². The monoisotopic (exact) mass is 357 g/mol. The van der Waals surface area contributed by atoms with Crippen LogP contribution >= 0.6 is 0 Å². The molecule has 5 nitrogen and oxygen atoms in total. The van der Waals surface area contributed by atoms with Crippen molar-refractivity contribution in [2.24, 2.45) is 0 Å². The van der Waals surface area contributed by atoms with Gasteiger partial charge in [0.05, 0.1) is 22.8 Å². The van der Waals surface area contributed by atoms with Gasteiger partial charge in [0.15, 0.2) is 0 Å². The second kappa shape index (κ2) is 7.98. The van der Waals surface area contributed by atoms with Crippen molar-refractivity contribution in [3.05, 3.63) is 95.1 Å². The normalized spacial score (nSPS) is 9.93. The van der Waals surface area contributed by atoms with Crippen molar-refractivity contribution < 1.29 is 19.1 Å². The molecule has 3 rings (SSSR count). The molecule has 0 heterocycles. The van der Waals surface area contributed by atoms with Crippen LogP contribution in [0.1, 0.15) is 31.8 Å². The molecule has 0 aliphatic heterocycles. The van der Waals surface area contributed by atoms with Gasteiger partial charge in [-0.25, -0.2) is 9.59 Å². The molecule has 3 aromatic rings. The zero-order chi connectivity index (χ0) is 19.2. The maximum atomic E-state index is 12.2. The van der Waals surface area contributed by atoms with Crippen LogP contribution < -0.4 is 9.47 Å². The van der Waals surface area contributed by atoms with Gasteiger partial charge in [-0.3, -0.25) is 0 Å². The van der Waals surface area contributed by atoms with Crippen LogP contribution in [0.3, 0.4) is 0 Å². The lowest BCUT2D eigenvalue weighted by atomic mass is 10.1. The molecular weight excluding hydrogens is 342 g/mol. The standard InChI is InChI=1S/C22H15NO4/c1-15-2-6-17(7-3-15)21(24)27-20-12-8-18(9-13-20)22(25)26-19-10-4-16(14-23)5-11-19/h2-13H,1H3. The van der Waals surface area contributed by atoms with E-state index in [4.69, 9.17) is 14.7 Å². The third-order valence-electron chi connectivity index (χ3n) is 3.78. The van der Waals surface area contributed by atoms with E-state index in [-0.39, 0.29) is 0 Å². The van der Waals surface area contributed by atoms with Crippen molar-refractivity contribution in [3.8, 4) is 17.6 Å². The predicted molar refractivity (Wildman–Crippen MR) is 98.7 cm³/mol. The minimum absolute atomic E-state index is 0.314. The van der Waals surface area contributed by atoms with Gasteiger partial charge >= 0.3 is 11.9 Å². The predicted octanol–water partition coefficient (Wildman–Crippen LogP) is 4.31. The largest absolute Gasteiger partial charge is 0.423 e. The average Bonchev–Trinajstić information content (AvgIpc) is 2.69. The highest BCUT2D eigenvalue weighted by molar-refractivity contribution is 5.92. The molecule has 0 spiro atoms. The first-order valence-electron chi connectivity index (χ1n) is 8.16. The molecule has 27 heavy (non-hydrogen) atoms. The zero-order valence-electron chi connectivity index (χ0n) is 14.5. The van der Waals surface area contributed by atoms with Crippen LogP contribution in [0.5, 0.6) is 11.5 Å². The number of rotatable bonds is 4. The summed E-state index contributed by atoms with van der Waals surface area (Å²) in [5, 5.41) is 8.77. The van der Waals surface area contributed by atoms with E-state index in [9.17, 15) is 9.59 Å². The van der Waals surface area contributed by atoms with Gasteiger partial charge in [0.25, 0.3) is 0 Å². The molecule has 5 heteroatoms. The molecule has 132 valence electrons. The number of hydrogen-bond donors (Lipinski definition) is 0. The first-order chi connectivity index (χ1) is 13.0. The summed E-state index contributed by atoms with van der Waals surface area (Å²) in [5.41, 5.74) is 2.30. The van der Waals surface area contributed by atoms with Crippen LogP contribution in [0.2, 0.25) is 0 Å². The molecule has 0 atom stereocenters. The van der Waals surface area contributed by atoms with Crippen LogP contribution in [-0.4, -0.2) is 11.9 Å². The van der Waals surface area contributed by atoms with Gasteiger partial charge in [-0.1, -0.05) is 17.7 Å². The molecule has 0 saturated heterocycles. The van der Waals surface area contributed by atoms with Crippen molar-refractivity contribution in [1.29, 1.82) is 5.26 Å². The average molecular weight is 357 g/mol. The van der Waals surface area contributed by atoms with E-state index in [0.717, 1.165) is 5.56 Å². The van der Waals surface area contributed by atoms with Crippen molar-refractivity contribution in [1.82, 2.24) is 0 Å². The lowest BCUT2D eigenvalue weighted by molar-refractivity contribution is 0.0730. The first kappa shape index (κ1) is 17.9. The summed E-state index contributed by atoms with van der Waals surface area (Å²) in [6.07, 6.45) is 0. The van der Waals surface area contributed by atoms with Gasteiger partial charge in [-0.2, -0.15) is 5.26 Å². The summed E-state index contributed by atoms with van der Waals surface area (Å²) in [5.74, 6) is -0.344. The maximum absolute atomic E-state index is 12.2. The second-order valence-electron chi connectivity index (χ2n) is 5.81. The Morgan fingerprint density at radius 1 is 0.704 bits per heavy atom. The van der Waals surface area contributed by atoms with Crippen LogP contribution in [0.4, 0.5) is 0 Å². The van der Waals surface area contributed by atoms with E-state index >= 15 is 0 Å². The molecule has 0 N–H and O–H groups in total. The highest BCUT2D eigenvalue weighted by Gasteiger charge is 2.11. The number of nitrogens with zero attached hydrogens (tertiary/aromatic N) is 1. The Morgan fingerprint density at radius 3 is 1.56 bits per heavy atom. The number of benzene rings is 3. The maximum Gasteiger partial charge on any atom is 0.343 e. The molecule has 0 aromatic heterocycles. The van der Waals surface area contributed by atoms with E-state index in [2.05, 4.69) is 0 Å². The molecule has 0 aliphatic carbocycles. The summed E-state index contributed by atoms with van der Waals surface area (Å²) in [4.78, 5) is 24.3. The molecule has 0 amide bonds. The smallest absolute Gasteiger partial charge is 0.343 e. The van der Waals surface area contributed by atoms with Crippen molar-refractivity contribution >= 4 is 11.9 Å². The van der Waals surface area contributed by atoms with Crippen LogP contribution in [0.25, 0.3) is 0 Å². The lowest BCUT2D eigenvalue weighted by Crippen LogP contribution is -2.10. The molecule has 0 unspecified atom stereocenters. The highest BCUT2D eigenvalue weighted by Crippen LogP contribution is 2.17. The third kappa shape index (κ3) is 4.59. The van der Waals surface area contributed by atoms with Crippen molar-refractivity contribution in [3.63, 3.8) is 0 Å². The van der Waals surface area contributed by atoms with Gasteiger partial charge in [0, 0.05) is 0 Å². The lowest BCUT2D eigenvalue weighted by Gasteiger charge is -2.07. The molecule has 3 aromatic carbocycles. The summed E-state index contributed by atoms with van der Waals surface area (Å²) in [6.45, 7) is 1.94. The zero-order valence-corrected chi connectivity index (χ0v) is 14.5. The van der Waals surface area contributed by atoms with Gasteiger partial charge in [0.2, 0.25) is 0 Å². The topological polar surface area (TPSA) is 76.4 Å². The van der Waals surface area contributed by atoms with E-state index < -0.39 is 11.9 Å². The van der Waals surface area contributed by atoms with Crippen LogP contribution in [0.15, 0.2) is 72.8 Å². The summed E-state index contributed by atoms with van der Waals surface area (Å²) >= 11 is 0. The minimum Gasteiger partial charge on any atom is -0.423 e. The number of ether oxygens (including phenoxy) is 2. The quantitative estimate of drug-likeness (QED) is 0.514. The summed E-state index contributed by atoms with van der Waals surface area (Å²) in [6, 6.07) is 21.4. The van der Waals surface area contributed by atoms with E-state index in [0.29, 0.717) is 28.2 Å². The van der Waals surface area contributed by atoms with E-state index in [1.54, 1.807) is 36.4 Å². The fourth-order valence-electron chi connectivity index (χ4n) is 2.28. The molecule has 0 radical (unpaired) electrons. The van der Waals surface area contributed by atoms with Gasteiger partial charge < -0.3 is 9.47 Å². The van der Waals surface area contributed by atoms with Gasteiger partial charge in [-0.15, -0.1) is 0 Å². The number of carbonyl (C=O) groups excluding carboxylic acids is 2. The fourth-order valence-corrected chi connectivity index (χ4v) is 2.28. The number of hydrogen-bond acceptors (Lipinski definition) is 5. The molecule has 0 saturated carbocycles. The van der Waals surface area contributed by atoms with Crippen LogP contribution in [-0.2, 0) is 0 Å². The minimum atomic E-state index is -0.545. The number of aryl methyl sites for hydroxylation is 1. The highest BCUT2D eigenvalue weighted by atomic mass is 16.5. The molecular formula is C22H15NO4. The number of esters is 2. The van der Waals surface area contributed by atoms with Gasteiger partial charge in [-0.05, 0) is 67.6 Å². The summed E-state index contributed by atoms with van der Waals surface area (Å²) < 4.78 is 10.5. The first-order valence-corrected chi connectivity index (χ1v) is 8.16. The number of carbonyl (C=O) groups is 2. The summed E-state index contributed by atoms with van der Waals surface area (Å²) in [7, 11) is 0. The molecule has 0 bridgehead atoms. The Bertz CT molecular complexity index is 998. The SMILES string of the molecule is Cc1ccc(C(=O)Oc2ccc(C(=O)Oc3ccc(C#N)cc3)cc2)cc1. The Labute approximate surface area is 156 Å².